The van der Waals surface area contributed by atoms with E-state index in [0.29, 0.717) is 11.3 Å². The molecule has 4 heteroatoms. The summed E-state index contributed by atoms with van der Waals surface area (Å²) in [4.78, 5) is 11.3. The smallest absolute Gasteiger partial charge is 0.332 e. The number of carbonyl (C=O) groups is 1. The molecular weight excluding hydrogens is 218 g/mol. The second-order valence-electron chi connectivity index (χ2n) is 3.15. The Balaban J connectivity index is 3.01. The van der Waals surface area contributed by atoms with Crippen LogP contribution in [0.15, 0.2) is 30.3 Å². The zero-order valence-electron chi connectivity index (χ0n) is 9.77. The fourth-order valence-electron chi connectivity index (χ4n) is 1.27. The first-order chi connectivity index (χ1) is 8.21. The maximum absolute atomic E-state index is 11.3. The van der Waals surface area contributed by atoms with Crippen molar-refractivity contribution in [3.05, 3.63) is 35.9 Å². The van der Waals surface area contributed by atoms with Crippen LogP contribution in [-0.4, -0.2) is 19.7 Å². The Kier molecular flexibility index (Phi) is 4.77. The molecule has 17 heavy (non-hydrogen) atoms. The second-order valence-corrected chi connectivity index (χ2v) is 3.15. The van der Waals surface area contributed by atoms with Crippen molar-refractivity contribution < 1.29 is 14.3 Å². The van der Waals surface area contributed by atoms with Crippen LogP contribution in [0.2, 0.25) is 0 Å². The van der Waals surface area contributed by atoms with Gasteiger partial charge in [0.15, 0.2) is 0 Å². The number of methoxy groups -OCH3 is 1. The van der Waals surface area contributed by atoms with E-state index in [1.54, 1.807) is 38.3 Å². The van der Waals surface area contributed by atoms with Crippen molar-refractivity contribution in [2.75, 3.05) is 13.7 Å². The number of ether oxygens (including phenoxy) is 2. The average molecular weight is 231 g/mol. The Bertz CT molecular complexity index is 472. The van der Waals surface area contributed by atoms with Gasteiger partial charge in [-0.2, -0.15) is 5.26 Å². The number of allylic oxidation sites excluding steroid dienone is 1. The van der Waals surface area contributed by atoms with Gasteiger partial charge in [0.25, 0.3) is 0 Å². The third kappa shape index (κ3) is 3.65. The lowest BCUT2D eigenvalue weighted by Crippen LogP contribution is -2.00. The molecule has 0 aliphatic carbocycles. The topological polar surface area (TPSA) is 59.3 Å². The van der Waals surface area contributed by atoms with Gasteiger partial charge in [0.1, 0.15) is 11.8 Å². The van der Waals surface area contributed by atoms with Gasteiger partial charge in [-0.1, -0.05) is 12.1 Å². The molecule has 0 fully saturated rings. The molecule has 1 aromatic rings. The van der Waals surface area contributed by atoms with Gasteiger partial charge in [0, 0.05) is 6.08 Å². The zero-order chi connectivity index (χ0) is 12.7. The summed E-state index contributed by atoms with van der Waals surface area (Å²) in [6.45, 7) is 2.00. The summed E-state index contributed by atoms with van der Waals surface area (Å²) in [6, 6.07) is 8.91. The highest BCUT2D eigenvalue weighted by atomic mass is 16.5. The van der Waals surface area contributed by atoms with E-state index < -0.39 is 5.97 Å². The molecule has 0 unspecified atom stereocenters. The van der Waals surface area contributed by atoms with E-state index in [1.165, 1.54) is 6.08 Å². The van der Waals surface area contributed by atoms with Crippen molar-refractivity contribution in [3.63, 3.8) is 0 Å². The third-order valence-electron chi connectivity index (χ3n) is 2.05. The Morgan fingerprint density at radius 3 is 2.88 bits per heavy atom. The molecule has 0 spiro atoms. The fourth-order valence-corrected chi connectivity index (χ4v) is 1.27. The molecule has 0 heterocycles. The Morgan fingerprint density at radius 1 is 1.53 bits per heavy atom. The van der Waals surface area contributed by atoms with E-state index in [2.05, 4.69) is 0 Å². The number of carbonyl (C=O) groups excluding carboxylic acids is 1. The normalized spacial score (nSPS) is 10.5. The van der Waals surface area contributed by atoms with Crippen LogP contribution in [0.25, 0.3) is 5.57 Å². The number of hydrogen-bond acceptors (Lipinski definition) is 4. The number of hydrogen-bond donors (Lipinski definition) is 0. The van der Waals surface area contributed by atoms with Crippen molar-refractivity contribution >= 4 is 11.5 Å². The highest BCUT2D eigenvalue weighted by Crippen LogP contribution is 2.19. The summed E-state index contributed by atoms with van der Waals surface area (Å²) in [7, 11) is 1.54. The number of nitrogens with zero attached hydrogens (tertiary/aromatic N) is 1. The lowest BCUT2D eigenvalue weighted by molar-refractivity contribution is -0.137. The molecule has 0 saturated heterocycles. The van der Waals surface area contributed by atoms with Crippen LogP contribution in [0, 0.1) is 11.3 Å². The molecule has 88 valence electrons. The first-order valence-electron chi connectivity index (χ1n) is 5.14. The van der Waals surface area contributed by atoms with Crippen molar-refractivity contribution in [2.45, 2.75) is 6.92 Å². The van der Waals surface area contributed by atoms with Gasteiger partial charge in [-0.15, -0.1) is 0 Å². The van der Waals surface area contributed by atoms with Crippen LogP contribution in [-0.2, 0) is 9.53 Å². The molecule has 1 aromatic carbocycles. The van der Waals surface area contributed by atoms with E-state index in [0.717, 1.165) is 0 Å². The average Bonchev–Trinajstić information content (AvgIpc) is 2.36. The first kappa shape index (κ1) is 12.8. The predicted molar refractivity (Wildman–Crippen MR) is 63.2 cm³/mol. The van der Waals surface area contributed by atoms with E-state index in [4.69, 9.17) is 14.7 Å². The largest absolute Gasteiger partial charge is 0.497 e. The van der Waals surface area contributed by atoms with Crippen molar-refractivity contribution in [1.82, 2.24) is 0 Å². The summed E-state index contributed by atoms with van der Waals surface area (Å²) >= 11 is 0. The minimum Gasteiger partial charge on any atom is -0.497 e. The Morgan fingerprint density at radius 2 is 2.29 bits per heavy atom. The molecule has 0 aromatic heterocycles. The molecule has 0 radical (unpaired) electrons. The molecule has 1 rings (SSSR count). The number of rotatable bonds is 4. The van der Waals surface area contributed by atoms with E-state index >= 15 is 0 Å². The van der Waals surface area contributed by atoms with Gasteiger partial charge in [-0.3, -0.25) is 0 Å². The van der Waals surface area contributed by atoms with Gasteiger partial charge < -0.3 is 9.47 Å². The third-order valence-corrected chi connectivity index (χ3v) is 2.05. The Labute approximate surface area is 100 Å². The van der Waals surface area contributed by atoms with Crippen LogP contribution in [0.3, 0.4) is 0 Å². The number of benzene rings is 1. The minimum absolute atomic E-state index is 0.252. The maximum Gasteiger partial charge on any atom is 0.332 e. The standard InChI is InChI=1S/C13H13NO3/c1-3-17-13(15)8-11(9-14)10-5-4-6-12(7-10)16-2/h4-8H,3H2,1-2H3/b11-8+. The van der Waals surface area contributed by atoms with Crippen LogP contribution >= 0.6 is 0 Å². The van der Waals surface area contributed by atoms with Gasteiger partial charge in [-0.05, 0) is 24.6 Å². The molecule has 0 N–H and O–H groups in total. The Hall–Kier alpha value is -2.28. The highest BCUT2D eigenvalue weighted by Gasteiger charge is 2.05. The number of esters is 1. The van der Waals surface area contributed by atoms with Crippen LogP contribution in [0.1, 0.15) is 12.5 Å². The first-order valence-corrected chi connectivity index (χ1v) is 5.14. The summed E-state index contributed by atoms with van der Waals surface area (Å²) < 4.78 is 9.80. The summed E-state index contributed by atoms with van der Waals surface area (Å²) in [6.07, 6.45) is 1.18. The van der Waals surface area contributed by atoms with E-state index in [1.807, 2.05) is 6.07 Å². The van der Waals surface area contributed by atoms with Crippen molar-refractivity contribution in [2.24, 2.45) is 0 Å². The van der Waals surface area contributed by atoms with Gasteiger partial charge >= 0.3 is 5.97 Å². The van der Waals surface area contributed by atoms with Gasteiger partial charge in [-0.25, -0.2) is 4.79 Å². The molecule has 4 nitrogen and oxygen atoms in total. The maximum atomic E-state index is 11.3. The molecule has 0 saturated carbocycles. The zero-order valence-corrected chi connectivity index (χ0v) is 9.77. The lowest BCUT2D eigenvalue weighted by atomic mass is 10.1. The second kappa shape index (κ2) is 6.33. The molecular formula is C13H13NO3. The lowest BCUT2D eigenvalue weighted by Gasteiger charge is -2.03. The van der Waals surface area contributed by atoms with Gasteiger partial charge in [0.2, 0.25) is 0 Å². The van der Waals surface area contributed by atoms with Crippen LogP contribution in [0.5, 0.6) is 5.75 Å². The number of nitriles is 1. The monoisotopic (exact) mass is 231 g/mol. The molecule has 0 aliphatic heterocycles. The quantitative estimate of drug-likeness (QED) is 0.452. The molecule has 0 aliphatic rings. The van der Waals surface area contributed by atoms with Gasteiger partial charge in [0.05, 0.1) is 19.3 Å². The minimum atomic E-state index is -0.521. The molecule has 0 atom stereocenters. The highest BCUT2D eigenvalue weighted by molar-refractivity contribution is 5.95. The molecule has 0 amide bonds. The summed E-state index contributed by atoms with van der Waals surface area (Å²) in [5.41, 5.74) is 0.877. The SMILES string of the molecule is CCOC(=O)/C=C(\C#N)c1cccc(OC)c1. The van der Waals surface area contributed by atoms with E-state index in [-0.39, 0.29) is 12.2 Å². The summed E-state index contributed by atoms with van der Waals surface area (Å²) in [5.74, 6) is 0.111. The van der Waals surface area contributed by atoms with Crippen LogP contribution < -0.4 is 4.74 Å². The van der Waals surface area contributed by atoms with Crippen molar-refractivity contribution in [1.29, 1.82) is 5.26 Å². The predicted octanol–water partition coefficient (Wildman–Crippen LogP) is 2.17. The molecule has 0 bridgehead atoms. The fraction of sp³-hybridized carbons (Fsp3) is 0.231. The van der Waals surface area contributed by atoms with E-state index in [9.17, 15) is 4.79 Å². The summed E-state index contributed by atoms with van der Waals surface area (Å²) in [5, 5.41) is 8.99. The van der Waals surface area contributed by atoms with Crippen LogP contribution in [0.4, 0.5) is 0 Å². The van der Waals surface area contributed by atoms with Crippen molar-refractivity contribution in [3.8, 4) is 11.8 Å².